The van der Waals surface area contributed by atoms with Crippen molar-refractivity contribution in [3.05, 3.63) is 29.8 Å². The number of anilines is 1. The summed E-state index contributed by atoms with van der Waals surface area (Å²) in [5, 5.41) is 0. The predicted octanol–water partition coefficient (Wildman–Crippen LogP) is 2.14. The van der Waals surface area contributed by atoms with Crippen molar-refractivity contribution in [2.24, 2.45) is 0 Å². The minimum absolute atomic E-state index is 0.281. The number of hydrogen-bond acceptors (Lipinski definition) is 3. The summed E-state index contributed by atoms with van der Waals surface area (Å²) in [6.07, 6.45) is 6.00. The molecule has 0 aromatic heterocycles. The Kier molecular flexibility index (Phi) is 4.36. The zero-order valence-corrected chi connectivity index (χ0v) is 13.9. The first kappa shape index (κ1) is 15.2. The summed E-state index contributed by atoms with van der Waals surface area (Å²) in [4.78, 5) is 20.0. The summed E-state index contributed by atoms with van der Waals surface area (Å²) in [6, 6.07) is 9.08. The Hall–Kier alpha value is -1.39. The van der Waals surface area contributed by atoms with E-state index in [-0.39, 0.29) is 5.91 Å². The molecule has 4 nitrogen and oxygen atoms in total. The Morgan fingerprint density at radius 2 is 1.91 bits per heavy atom. The van der Waals surface area contributed by atoms with E-state index >= 15 is 0 Å². The van der Waals surface area contributed by atoms with Crippen LogP contribution in [0.2, 0.25) is 0 Å². The van der Waals surface area contributed by atoms with Gasteiger partial charge in [-0.2, -0.15) is 0 Å². The first-order valence-corrected chi connectivity index (χ1v) is 9.16. The van der Waals surface area contributed by atoms with Crippen LogP contribution in [-0.2, 0) is 11.2 Å². The molecule has 1 aromatic rings. The molecular formula is C19H27N3O. The molecule has 0 aliphatic carbocycles. The van der Waals surface area contributed by atoms with E-state index in [9.17, 15) is 4.79 Å². The van der Waals surface area contributed by atoms with Crippen molar-refractivity contribution in [3.63, 3.8) is 0 Å². The first-order valence-electron chi connectivity index (χ1n) is 9.16. The van der Waals surface area contributed by atoms with Gasteiger partial charge in [0.2, 0.25) is 5.91 Å². The lowest BCUT2D eigenvalue weighted by Gasteiger charge is -2.32. The highest BCUT2D eigenvalue weighted by molar-refractivity contribution is 5.95. The Labute approximate surface area is 139 Å². The molecule has 1 atom stereocenters. The van der Waals surface area contributed by atoms with E-state index in [1.807, 2.05) is 11.0 Å². The average molecular weight is 313 g/mol. The molecule has 4 heteroatoms. The van der Waals surface area contributed by atoms with Crippen LogP contribution in [0.4, 0.5) is 5.69 Å². The smallest absolute Gasteiger partial charge is 0.241 e. The Morgan fingerprint density at radius 3 is 2.87 bits per heavy atom. The molecule has 0 saturated carbocycles. The van der Waals surface area contributed by atoms with E-state index in [2.05, 4.69) is 28.0 Å². The summed E-state index contributed by atoms with van der Waals surface area (Å²) in [6.45, 7) is 6.06. The van der Waals surface area contributed by atoms with E-state index in [0.717, 1.165) is 38.2 Å². The van der Waals surface area contributed by atoms with Crippen LogP contribution in [-0.4, -0.2) is 61.0 Å². The van der Waals surface area contributed by atoms with Crippen LogP contribution in [0.25, 0.3) is 0 Å². The quantitative estimate of drug-likeness (QED) is 0.837. The van der Waals surface area contributed by atoms with Gasteiger partial charge in [0.1, 0.15) is 0 Å². The van der Waals surface area contributed by atoms with Gasteiger partial charge < -0.3 is 4.90 Å². The van der Waals surface area contributed by atoms with Crippen LogP contribution < -0.4 is 4.90 Å². The average Bonchev–Trinajstić information content (AvgIpc) is 2.93. The fraction of sp³-hybridized carbons (Fsp3) is 0.632. The number of para-hydroxylation sites is 1. The van der Waals surface area contributed by atoms with Crippen LogP contribution in [0.3, 0.4) is 0 Å². The highest BCUT2D eigenvalue weighted by atomic mass is 16.2. The molecule has 3 aliphatic rings. The van der Waals surface area contributed by atoms with Gasteiger partial charge in [0.05, 0.1) is 6.54 Å². The summed E-state index contributed by atoms with van der Waals surface area (Å²) < 4.78 is 0. The number of carbonyl (C=O) groups is 1. The standard InChI is InChI=1S/C19H27N3O/c23-19(22-13-3-7-16-6-1-2-9-18(16)22)15-20-10-5-12-21-11-4-8-17(21)14-20/h1-2,6,9,17H,3-5,7-8,10-15H2/t17-/m0/s1. The molecule has 2 fully saturated rings. The van der Waals surface area contributed by atoms with Gasteiger partial charge in [-0.25, -0.2) is 0 Å². The van der Waals surface area contributed by atoms with Crippen LogP contribution in [0.1, 0.15) is 31.2 Å². The van der Waals surface area contributed by atoms with Crippen molar-refractivity contribution in [1.82, 2.24) is 9.80 Å². The largest absolute Gasteiger partial charge is 0.311 e. The highest BCUT2D eigenvalue weighted by Gasteiger charge is 2.30. The third-order valence-electron chi connectivity index (χ3n) is 5.66. The molecule has 23 heavy (non-hydrogen) atoms. The number of rotatable bonds is 2. The molecule has 1 amide bonds. The lowest BCUT2D eigenvalue weighted by Crippen LogP contribution is -2.45. The van der Waals surface area contributed by atoms with E-state index in [0.29, 0.717) is 12.6 Å². The molecule has 0 N–H and O–H groups in total. The second-order valence-electron chi connectivity index (χ2n) is 7.20. The predicted molar refractivity (Wildman–Crippen MR) is 92.8 cm³/mol. The van der Waals surface area contributed by atoms with Crippen molar-refractivity contribution in [3.8, 4) is 0 Å². The van der Waals surface area contributed by atoms with Crippen molar-refractivity contribution in [2.75, 3.05) is 44.2 Å². The lowest BCUT2D eigenvalue weighted by molar-refractivity contribution is -0.119. The zero-order valence-electron chi connectivity index (χ0n) is 13.9. The van der Waals surface area contributed by atoms with Gasteiger partial charge >= 0.3 is 0 Å². The maximum atomic E-state index is 12.9. The minimum atomic E-state index is 0.281. The first-order chi connectivity index (χ1) is 11.3. The number of aryl methyl sites for hydroxylation is 1. The summed E-state index contributed by atoms with van der Waals surface area (Å²) in [5.41, 5.74) is 2.46. The monoisotopic (exact) mass is 313 g/mol. The van der Waals surface area contributed by atoms with Gasteiger partial charge in [-0.3, -0.25) is 14.6 Å². The van der Waals surface area contributed by atoms with E-state index < -0.39 is 0 Å². The van der Waals surface area contributed by atoms with Crippen molar-refractivity contribution >= 4 is 11.6 Å². The van der Waals surface area contributed by atoms with Crippen molar-refractivity contribution < 1.29 is 4.79 Å². The van der Waals surface area contributed by atoms with Crippen LogP contribution in [0, 0.1) is 0 Å². The number of amides is 1. The van der Waals surface area contributed by atoms with Gasteiger partial charge in [0.25, 0.3) is 0 Å². The van der Waals surface area contributed by atoms with Crippen LogP contribution in [0.5, 0.6) is 0 Å². The van der Waals surface area contributed by atoms with Crippen molar-refractivity contribution in [1.29, 1.82) is 0 Å². The molecule has 3 heterocycles. The fourth-order valence-corrected chi connectivity index (χ4v) is 4.50. The molecule has 4 rings (SSSR count). The van der Waals surface area contributed by atoms with Gasteiger partial charge in [0.15, 0.2) is 0 Å². The topological polar surface area (TPSA) is 26.8 Å². The number of nitrogens with zero attached hydrogens (tertiary/aromatic N) is 3. The number of fused-ring (bicyclic) bond motifs is 2. The van der Waals surface area contributed by atoms with Crippen molar-refractivity contribution in [2.45, 2.75) is 38.1 Å². The normalized spacial score (nSPS) is 25.7. The van der Waals surface area contributed by atoms with Gasteiger partial charge in [-0.1, -0.05) is 18.2 Å². The zero-order chi connectivity index (χ0) is 15.6. The second kappa shape index (κ2) is 6.62. The molecule has 0 unspecified atom stereocenters. The summed E-state index contributed by atoms with van der Waals surface area (Å²) in [7, 11) is 0. The molecule has 3 aliphatic heterocycles. The van der Waals surface area contributed by atoms with Gasteiger partial charge in [0, 0.05) is 24.8 Å². The lowest BCUT2D eigenvalue weighted by atomic mass is 10.0. The maximum Gasteiger partial charge on any atom is 0.241 e. The second-order valence-corrected chi connectivity index (χ2v) is 7.20. The van der Waals surface area contributed by atoms with E-state index in [1.165, 1.54) is 37.9 Å². The number of carbonyl (C=O) groups excluding carboxylic acids is 1. The molecule has 0 spiro atoms. The Morgan fingerprint density at radius 1 is 1.04 bits per heavy atom. The van der Waals surface area contributed by atoms with E-state index in [1.54, 1.807) is 0 Å². The molecule has 1 aromatic carbocycles. The minimum Gasteiger partial charge on any atom is -0.311 e. The molecule has 124 valence electrons. The molecular weight excluding hydrogens is 286 g/mol. The molecule has 0 bridgehead atoms. The van der Waals surface area contributed by atoms with Crippen LogP contribution in [0.15, 0.2) is 24.3 Å². The SMILES string of the molecule is O=C(CN1CCCN2CCC[C@H]2C1)N1CCCc2ccccc21. The molecule has 2 saturated heterocycles. The third kappa shape index (κ3) is 3.15. The number of benzene rings is 1. The molecule has 0 radical (unpaired) electrons. The van der Waals surface area contributed by atoms with Gasteiger partial charge in [-0.05, 0) is 63.4 Å². The summed E-state index contributed by atoms with van der Waals surface area (Å²) >= 11 is 0. The van der Waals surface area contributed by atoms with Gasteiger partial charge in [-0.15, -0.1) is 0 Å². The van der Waals surface area contributed by atoms with E-state index in [4.69, 9.17) is 0 Å². The number of hydrogen-bond donors (Lipinski definition) is 0. The summed E-state index contributed by atoms with van der Waals surface area (Å²) in [5.74, 6) is 0.281. The highest BCUT2D eigenvalue weighted by Crippen LogP contribution is 2.27. The van der Waals surface area contributed by atoms with Crippen LogP contribution >= 0.6 is 0 Å². The Bertz CT molecular complexity index is 573. The Balaban J connectivity index is 1.44. The fourth-order valence-electron chi connectivity index (χ4n) is 4.50. The maximum absolute atomic E-state index is 12.9. The third-order valence-corrected chi connectivity index (χ3v) is 5.66.